The summed E-state index contributed by atoms with van der Waals surface area (Å²) >= 11 is 0. The minimum absolute atomic E-state index is 0.0830. The van der Waals surface area contributed by atoms with Crippen molar-refractivity contribution in [1.82, 2.24) is 5.32 Å². The van der Waals surface area contributed by atoms with E-state index in [1.807, 2.05) is 0 Å². The summed E-state index contributed by atoms with van der Waals surface area (Å²) in [5.74, 6) is -0.409. The fourth-order valence-electron chi connectivity index (χ4n) is 2.22. The van der Waals surface area contributed by atoms with Crippen LogP contribution in [0.4, 0.5) is 5.69 Å². The molecular weight excluding hydrogens is 266 g/mol. The molecule has 5 nitrogen and oxygen atoms in total. The van der Waals surface area contributed by atoms with E-state index >= 15 is 0 Å². The van der Waals surface area contributed by atoms with Gasteiger partial charge in [0.15, 0.2) is 0 Å². The number of carbonyl (C=O) groups is 2. The van der Waals surface area contributed by atoms with E-state index in [0.717, 1.165) is 6.42 Å². The van der Waals surface area contributed by atoms with Gasteiger partial charge in [-0.2, -0.15) is 0 Å². The Morgan fingerprint density at radius 3 is 2.43 bits per heavy atom. The highest BCUT2D eigenvalue weighted by Crippen LogP contribution is 2.21. The molecule has 1 rings (SSSR count). The second-order valence-electron chi connectivity index (χ2n) is 6.40. The van der Waals surface area contributed by atoms with E-state index < -0.39 is 0 Å². The van der Waals surface area contributed by atoms with Crippen LogP contribution in [0.2, 0.25) is 0 Å². The fourth-order valence-corrected chi connectivity index (χ4v) is 2.22. The van der Waals surface area contributed by atoms with E-state index in [2.05, 4.69) is 31.4 Å². The summed E-state index contributed by atoms with van der Waals surface area (Å²) in [5.41, 5.74) is 7.03. The second-order valence-corrected chi connectivity index (χ2v) is 6.40. The summed E-state index contributed by atoms with van der Waals surface area (Å²) in [5, 5.41) is 5.31. The fraction of sp³-hybridized carbons (Fsp3) is 0.500. The molecule has 4 N–H and O–H groups in total. The molecule has 0 aliphatic heterocycles. The maximum Gasteiger partial charge on any atom is 0.253 e. The molecule has 0 radical (unpaired) electrons. The zero-order chi connectivity index (χ0) is 16.0. The maximum atomic E-state index is 12.0. The molecule has 1 atom stereocenters. The lowest BCUT2D eigenvalue weighted by Crippen LogP contribution is -2.31. The van der Waals surface area contributed by atoms with Crippen LogP contribution >= 0.6 is 0 Å². The van der Waals surface area contributed by atoms with Crippen molar-refractivity contribution in [2.24, 2.45) is 11.1 Å². The summed E-state index contributed by atoms with van der Waals surface area (Å²) in [4.78, 5) is 23.8. The number of hydrogen-bond acceptors (Lipinski definition) is 3. The van der Waals surface area contributed by atoms with E-state index in [1.165, 1.54) is 0 Å². The van der Waals surface area contributed by atoms with Crippen LogP contribution in [0.1, 0.15) is 44.0 Å². The minimum Gasteiger partial charge on any atom is -0.355 e. The highest BCUT2D eigenvalue weighted by atomic mass is 16.2. The van der Waals surface area contributed by atoms with Crippen LogP contribution in [0, 0.1) is 5.41 Å². The van der Waals surface area contributed by atoms with Crippen molar-refractivity contribution in [3.8, 4) is 0 Å². The van der Waals surface area contributed by atoms with Crippen LogP contribution in [-0.2, 0) is 4.79 Å². The van der Waals surface area contributed by atoms with Crippen molar-refractivity contribution in [3.05, 3.63) is 29.8 Å². The molecule has 116 valence electrons. The van der Waals surface area contributed by atoms with Gasteiger partial charge in [-0.15, -0.1) is 0 Å². The topological polar surface area (TPSA) is 84.2 Å². The van der Waals surface area contributed by atoms with Gasteiger partial charge < -0.3 is 16.4 Å². The van der Waals surface area contributed by atoms with E-state index in [4.69, 9.17) is 5.73 Å². The lowest BCUT2D eigenvalue weighted by atomic mass is 9.87. The van der Waals surface area contributed by atoms with Crippen molar-refractivity contribution in [3.63, 3.8) is 0 Å². The summed E-state index contributed by atoms with van der Waals surface area (Å²) in [6.45, 7) is 6.27. The van der Waals surface area contributed by atoms with Gasteiger partial charge in [-0.25, -0.2) is 0 Å². The third kappa shape index (κ3) is 5.95. The third-order valence-electron chi connectivity index (χ3n) is 2.99. The van der Waals surface area contributed by atoms with E-state index in [0.29, 0.717) is 11.3 Å². The van der Waals surface area contributed by atoms with Gasteiger partial charge >= 0.3 is 0 Å². The van der Waals surface area contributed by atoms with E-state index in [9.17, 15) is 9.59 Å². The zero-order valence-electron chi connectivity index (χ0n) is 13.2. The zero-order valence-corrected chi connectivity index (χ0v) is 13.2. The maximum absolute atomic E-state index is 12.0. The standard InChI is InChI=1S/C16H25N3O2/c1-16(2,3)10-11(17)9-14(20)19-13-8-6-5-7-12(13)15(21)18-4/h5-8,11H,9-10,17H2,1-4H3,(H,18,21)(H,19,20). The Morgan fingerprint density at radius 2 is 1.86 bits per heavy atom. The number of anilines is 1. The van der Waals surface area contributed by atoms with Crippen molar-refractivity contribution >= 4 is 17.5 Å². The monoisotopic (exact) mass is 291 g/mol. The SMILES string of the molecule is CNC(=O)c1ccccc1NC(=O)CC(N)CC(C)(C)C. The number of hydrogen-bond donors (Lipinski definition) is 3. The smallest absolute Gasteiger partial charge is 0.253 e. The molecule has 1 aromatic carbocycles. The molecule has 1 aromatic rings. The Balaban J connectivity index is 2.69. The van der Waals surface area contributed by atoms with Crippen LogP contribution in [0.25, 0.3) is 0 Å². The molecule has 0 aliphatic rings. The second kappa shape index (κ2) is 7.22. The van der Waals surface area contributed by atoms with Crippen LogP contribution in [0.5, 0.6) is 0 Å². The summed E-state index contributed by atoms with van der Waals surface area (Å²) in [7, 11) is 1.56. The highest BCUT2D eigenvalue weighted by Gasteiger charge is 2.19. The number of rotatable bonds is 5. The first kappa shape index (κ1) is 17.2. The first-order chi connectivity index (χ1) is 9.73. The molecule has 0 aliphatic carbocycles. The molecule has 2 amide bonds. The highest BCUT2D eigenvalue weighted by molar-refractivity contribution is 6.03. The molecule has 0 heterocycles. The molecular formula is C16H25N3O2. The van der Waals surface area contributed by atoms with Crippen molar-refractivity contribution in [2.45, 2.75) is 39.7 Å². The largest absolute Gasteiger partial charge is 0.355 e. The molecule has 0 fully saturated rings. The van der Waals surface area contributed by atoms with Gasteiger partial charge in [0.2, 0.25) is 5.91 Å². The average molecular weight is 291 g/mol. The number of amides is 2. The lowest BCUT2D eigenvalue weighted by molar-refractivity contribution is -0.116. The van der Waals surface area contributed by atoms with Gasteiger partial charge in [0, 0.05) is 19.5 Å². The van der Waals surface area contributed by atoms with Gasteiger partial charge in [-0.3, -0.25) is 9.59 Å². The number of carbonyl (C=O) groups excluding carboxylic acids is 2. The number of para-hydroxylation sites is 1. The van der Waals surface area contributed by atoms with Crippen molar-refractivity contribution in [2.75, 3.05) is 12.4 Å². The average Bonchev–Trinajstić information content (AvgIpc) is 2.35. The molecule has 5 heteroatoms. The van der Waals surface area contributed by atoms with E-state index in [1.54, 1.807) is 31.3 Å². The molecule has 0 bridgehead atoms. The molecule has 0 saturated heterocycles. The Hall–Kier alpha value is -1.88. The summed E-state index contributed by atoms with van der Waals surface area (Å²) in [6.07, 6.45) is 0.997. The first-order valence-corrected chi connectivity index (χ1v) is 7.09. The normalized spacial score (nSPS) is 12.6. The van der Waals surface area contributed by atoms with Crippen LogP contribution in [0.3, 0.4) is 0 Å². The van der Waals surface area contributed by atoms with Gasteiger partial charge in [-0.05, 0) is 24.0 Å². The molecule has 0 aromatic heterocycles. The number of nitrogens with one attached hydrogen (secondary N) is 2. The van der Waals surface area contributed by atoms with Gasteiger partial charge in [0.25, 0.3) is 5.91 Å². The quantitative estimate of drug-likeness (QED) is 0.777. The Kier molecular flexibility index (Phi) is 5.90. The Morgan fingerprint density at radius 1 is 1.24 bits per heavy atom. The van der Waals surface area contributed by atoms with Gasteiger partial charge in [0.05, 0.1) is 11.3 Å². The van der Waals surface area contributed by atoms with Gasteiger partial charge in [-0.1, -0.05) is 32.9 Å². The Bertz CT molecular complexity index is 506. The van der Waals surface area contributed by atoms with Crippen molar-refractivity contribution < 1.29 is 9.59 Å². The van der Waals surface area contributed by atoms with Crippen LogP contribution in [-0.4, -0.2) is 24.9 Å². The molecule has 21 heavy (non-hydrogen) atoms. The molecule has 0 saturated carbocycles. The molecule has 0 spiro atoms. The predicted molar refractivity (Wildman–Crippen MR) is 85.1 cm³/mol. The van der Waals surface area contributed by atoms with E-state index in [-0.39, 0.29) is 29.7 Å². The van der Waals surface area contributed by atoms with Crippen LogP contribution in [0.15, 0.2) is 24.3 Å². The molecule has 1 unspecified atom stereocenters. The van der Waals surface area contributed by atoms with Crippen LogP contribution < -0.4 is 16.4 Å². The third-order valence-corrected chi connectivity index (χ3v) is 2.99. The predicted octanol–water partition coefficient (Wildman–Crippen LogP) is 2.14. The lowest BCUT2D eigenvalue weighted by Gasteiger charge is -2.22. The van der Waals surface area contributed by atoms with Gasteiger partial charge in [0.1, 0.15) is 0 Å². The summed E-state index contributed by atoms with van der Waals surface area (Å²) < 4.78 is 0. The van der Waals surface area contributed by atoms with Crippen molar-refractivity contribution in [1.29, 1.82) is 0 Å². The minimum atomic E-state index is -0.232. The first-order valence-electron chi connectivity index (χ1n) is 7.09. The Labute approximate surface area is 126 Å². The number of nitrogens with two attached hydrogens (primary N) is 1. The summed E-state index contributed by atoms with van der Waals surface area (Å²) in [6, 6.07) is 6.71. The number of benzene rings is 1.